The summed E-state index contributed by atoms with van der Waals surface area (Å²) in [5.74, 6) is -3.19. The molecule has 1 saturated carbocycles. The van der Waals surface area contributed by atoms with Crippen molar-refractivity contribution in [3.05, 3.63) is 29.6 Å². The second kappa shape index (κ2) is 5.56. The molecule has 0 aliphatic heterocycles. The van der Waals surface area contributed by atoms with Crippen LogP contribution in [-0.4, -0.2) is 11.2 Å². The van der Waals surface area contributed by atoms with Crippen molar-refractivity contribution >= 4 is 23.0 Å². The molecule has 1 aliphatic carbocycles. The minimum atomic E-state index is -1.22. The van der Waals surface area contributed by atoms with Crippen LogP contribution in [0.5, 0.6) is 0 Å². The van der Waals surface area contributed by atoms with Crippen LogP contribution in [0.2, 0.25) is 0 Å². The number of hydrogen-bond acceptors (Lipinski definition) is 1. The second-order valence-corrected chi connectivity index (χ2v) is 4.73. The summed E-state index contributed by atoms with van der Waals surface area (Å²) in [7, 11) is 0. The van der Waals surface area contributed by atoms with E-state index in [9.17, 15) is 13.2 Å². The van der Waals surface area contributed by atoms with Crippen LogP contribution in [-0.2, 0) is 0 Å². The largest absolute Gasteiger partial charge is 0.360 e. The van der Waals surface area contributed by atoms with E-state index in [-0.39, 0.29) is 16.8 Å². The maximum Gasteiger partial charge on any atom is 0.171 e. The van der Waals surface area contributed by atoms with Crippen molar-refractivity contribution in [3.8, 4) is 0 Å². The van der Waals surface area contributed by atoms with E-state index in [4.69, 9.17) is 12.2 Å². The number of halogens is 3. The van der Waals surface area contributed by atoms with Crippen LogP contribution < -0.4 is 10.6 Å². The summed E-state index contributed by atoms with van der Waals surface area (Å²) in [5, 5.41) is 5.80. The van der Waals surface area contributed by atoms with Crippen molar-refractivity contribution in [2.45, 2.75) is 31.7 Å². The first-order valence-corrected chi connectivity index (χ1v) is 6.19. The molecular weight excluding hydrogens is 261 g/mol. The Balaban J connectivity index is 2.00. The fourth-order valence-corrected chi connectivity index (χ4v) is 2.31. The number of thiocarbonyl (C=S) groups is 1. The average molecular weight is 274 g/mol. The lowest BCUT2D eigenvalue weighted by Crippen LogP contribution is -2.36. The molecule has 0 saturated heterocycles. The second-order valence-electron chi connectivity index (χ2n) is 4.33. The van der Waals surface area contributed by atoms with Gasteiger partial charge in [0, 0.05) is 18.2 Å². The van der Waals surface area contributed by atoms with Gasteiger partial charge in [-0.1, -0.05) is 12.8 Å². The fourth-order valence-electron chi connectivity index (χ4n) is 2.03. The molecule has 0 aromatic heterocycles. The first kappa shape index (κ1) is 13.1. The molecule has 0 amide bonds. The number of rotatable bonds is 2. The highest BCUT2D eigenvalue weighted by Gasteiger charge is 2.16. The van der Waals surface area contributed by atoms with E-state index in [1.807, 2.05) is 0 Å². The summed E-state index contributed by atoms with van der Waals surface area (Å²) in [6, 6.07) is 1.53. The minimum Gasteiger partial charge on any atom is -0.360 e. The zero-order chi connectivity index (χ0) is 13.1. The molecule has 0 radical (unpaired) electrons. The van der Waals surface area contributed by atoms with E-state index >= 15 is 0 Å². The summed E-state index contributed by atoms with van der Waals surface area (Å²) in [6.45, 7) is 0. The molecule has 6 heteroatoms. The molecule has 1 fully saturated rings. The van der Waals surface area contributed by atoms with Gasteiger partial charge in [0.2, 0.25) is 0 Å². The smallest absolute Gasteiger partial charge is 0.171 e. The fraction of sp³-hybridized carbons (Fsp3) is 0.417. The summed E-state index contributed by atoms with van der Waals surface area (Å²) in [5.41, 5.74) is -0.163. The molecule has 1 aromatic carbocycles. The van der Waals surface area contributed by atoms with Gasteiger partial charge in [0.1, 0.15) is 5.82 Å². The Hall–Kier alpha value is -1.30. The Kier molecular flexibility index (Phi) is 4.06. The van der Waals surface area contributed by atoms with Crippen molar-refractivity contribution in [1.29, 1.82) is 0 Å². The van der Waals surface area contributed by atoms with Crippen LogP contribution >= 0.6 is 12.2 Å². The van der Waals surface area contributed by atoms with Crippen LogP contribution in [0.15, 0.2) is 12.1 Å². The number of nitrogens with one attached hydrogen (secondary N) is 2. The van der Waals surface area contributed by atoms with Gasteiger partial charge < -0.3 is 10.6 Å². The molecule has 2 nitrogen and oxygen atoms in total. The van der Waals surface area contributed by atoms with Crippen LogP contribution in [0.25, 0.3) is 0 Å². The molecule has 2 N–H and O–H groups in total. The number of hydrogen-bond donors (Lipinski definition) is 2. The van der Waals surface area contributed by atoms with Crippen molar-refractivity contribution in [1.82, 2.24) is 5.32 Å². The topological polar surface area (TPSA) is 24.1 Å². The normalized spacial score (nSPS) is 15.7. The lowest BCUT2D eigenvalue weighted by molar-refractivity contribution is 0.496. The van der Waals surface area contributed by atoms with Gasteiger partial charge >= 0.3 is 0 Å². The third-order valence-corrected chi connectivity index (χ3v) is 3.17. The predicted molar refractivity (Wildman–Crippen MR) is 67.9 cm³/mol. The Morgan fingerprint density at radius 2 is 1.67 bits per heavy atom. The van der Waals surface area contributed by atoms with Crippen LogP contribution in [0.4, 0.5) is 18.9 Å². The highest BCUT2D eigenvalue weighted by atomic mass is 32.1. The zero-order valence-corrected chi connectivity index (χ0v) is 10.4. The first-order chi connectivity index (χ1) is 8.56. The maximum atomic E-state index is 13.3. The van der Waals surface area contributed by atoms with E-state index in [0.29, 0.717) is 6.07 Å². The highest BCUT2D eigenvalue weighted by Crippen LogP contribution is 2.20. The van der Waals surface area contributed by atoms with Crippen molar-refractivity contribution < 1.29 is 13.2 Å². The predicted octanol–water partition coefficient (Wildman–Crippen LogP) is 3.33. The lowest BCUT2D eigenvalue weighted by atomic mass is 10.2. The van der Waals surface area contributed by atoms with Crippen LogP contribution in [0.3, 0.4) is 0 Å². The monoisotopic (exact) mass is 274 g/mol. The van der Waals surface area contributed by atoms with Gasteiger partial charge in [-0.25, -0.2) is 13.2 Å². The average Bonchev–Trinajstić information content (AvgIpc) is 2.78. The quantitative estimate of drug-likeness (QED) is 0.639. The zero-order valence-electron chi connectivity index (χ0n) is 9.60. The molecule has 0 bridgehead atoms. The van der Waals surface area contributed by atoms with E-state index in [1.165, 1.54) is 0 Å². The molecule has 2 rings (SSSR count). The Morgan fingerprint density at radius 3 is 2.33 bits per heavy atom. The van der Waals surface area contributed by atoms with Gasteiger partial charge in [-0.15, -0.1) is 0 Å². The summed E-state index contributed by atoms with van der Waals surface area (Å²) in [6.07, 6.45) is 4.31. The molecule has 0 heterocycles. The Morgan fingerprint density at radius 1 is 1.06 bits per heavy atom. The summed E-state index contributed by atoms with van der Waals surface area (Å²) < 4.78 is 39.1. The Bertz CT molecular complexity index is 459. The van der Waals surface area contributed by atoms with Gasteiger partial charge in [0.15, 0.2) is 16.7 Å². The molecule has 0 spiro atoms. The molecule has 18 heavy (non-hydrogen) atoms. The van der Waals surface area contributed by atoms with E-state index < -0.39 is 17.5 Å². The lowest BCUT2D eigenvalue weighted by Gasteiger charge is -2.16. The van der Waals surface area contributed by atoms with Crippen molar-refractivity contribution in [3.63, 3.8) is 0 Å². The van der Waals surface area contributed by atoms with Gasteiger partial charge in [0.05, 0.1) is 5.69 Å². The molecule has 1 aliphatic rings. The van der Waals surface area contributed by atoms with Crippen LogP contribution in [0.1, 0.15) is 25.7 Å². The summed E-state index contributed by atoms with van der Waals surface area (Å²) >= 11 is 5.00. The van der Waals surface area contributed by atoms with Gasteiger partial charge in [-0.3, -0.25) is 0 Å². The maximum absolute atomic E-state index is 13.3. The van der Waals surface area contributed by atoms with Gasteiger partial charge in [-0.05, 0) is 25.1 Å². The highest BCUT2D eigenvalue weighted by molar-refractivity contribution is 7.80. The number of benzene rings is 1. The standard InChI is InChI=1S/C12H13F3N2S/c13-8-5-10(15)11(6-9(8)14)17-12(18)16-7-3-1-2-4-7/h5-7H,1-4H2,(H2,16,17,18). The first-order valence-electron chi connectivity index (χ1n) is 5.78. The van der Waals surface area contributed by atoms with E-state index in [1.54, 1.807) is 0 Å². The third-order valence-electron chi connectivity index (χ3n) is 2.95. The SMILES string of the molecule is Fc1cc(F)c(NC(=S)NC2CCCC2)cc1F. The summed E-state index contributed by atoms with van der Waals surface area (Å²) in [4.78, 5) is 0. The number of anilines is 1. The molecule has 0 unspecified atom stereocenters. The van der Waals surface area contributed by atoms with E-state index in [0.717, 1.165) is 31.7 Å². The molecule has 98 valence electrons. The minimum absolute atomic E-state index is 0.163. The van der Waals surface area contributed by atoms with Crippen molar-refractivity contribution in [2.24, 2.45) is 0 Å². The molecule has 1 aromatic rings. The van der Waals surface area contributed by atoms with Gasteiger partial charge in [-0.2, -0.15) is 0 Å². The van der Waals surface area contributed by atoms with Gasteiger partial charge in [0.25, 0.3) is 0 Å². The molecular formula is C12H13F3N2S. The van der Waals surface area contributed by atoms with Crippen LogP contribution in [0, 0.1) is 17.5 Å². The van der Waals surface area contributed by atoms with Crippen molar-refractivity contribution in [2.75, 3.05) is 5.32 Å². The molecule has 0 atom stereocenters. The van der Waals surface area contributed by atoms with E-state index in [2.05, 4.69) is 10.6 Å². The Labute approximate surface area is 109 Å². The third kappa shape index (κ3) is 3.13.